The number of carbonyl (C=O) groups is 1. The van der Waals surface area contributed by atoms with Crippen LogP contribution in [0.4, 0.5) is 5.69 Å². The van der Waals surface area contributed by atoms with Crippen LogP contribution in [0.2, 0.25) is 0 Å². The van der Waals surface area contributed by atoms with Crippen molar-refractivity contribution < 1.29 is 22.7 Å². The molecule has 0 aliphatic carbocycles. The highest BCUT2D eigenvalue weighted by Crippen LogP contribution is 2.26. The molecule has 0 aromatic heterocycles. The van der Waals surface area contributed by atoms with Gasteiger partial charge in [-0.15, -0.1) is 0 Å². The van der Waals surface area contributed by atoms with E-state index in [1.54, 1.807) is 30.3 Å². The van der Waals surface area contributed by atoms with Crippen molar-refractivity contribution in [1.82, 2.24) is 9.21 Å². The van der Waals surface area contributed by atoms with Crippen molar-refractivity contribution in [2.45, 2.75) is 4.90 Å². The number of anilines is 1. The molecule has 1 aliphatic heterocycles. The Morgan fingerprint density at radius 3 is 2.21 bits per heavy atom. The lowest BCUT2D eigenvalue weighted by Crippen LogP contribution is -2.46. The van der Waals surface area contributed by atoms with Crippen LogP contribution in [0.1, 0.15) is 10.4 Å². The molecular formula is C20H25N3O5S. The predicted octanol–water partition coefficient (Wildman–Crippen LogP) is 1.89. The summed E-state index contributed by atoms with van der Waals surface area (Å²) in [5.41, 5.74) is 0.840. The number of benzene rings is 2. The van der Waals surface area contributed by atoms with E-state index in [-0.39, 0.29) is 10.8 Å². The monoisotopic (exact) mass is 419 g/mol. The van der Waals surface area contributed by atoms with Crippen LogP contribution in [0.25, 0.3) is 0 Å². The second-order valence-electron chi connectivity index (χ2n) is 6.75. The van der Waals surface area contributed by atoms with Gasteiger partial charge >= 0.3 is 0 Å². The Morgan fingerprint density at radius 2 is 1.62 bits per heavy atom. The van der Waals surface area contributed by atoms with Crippen LogP contribution < -0.4 is 14.8 Å². The van der Waals surface area contributed by atoms with Crippen LogP contribution in [0.3, 0.4) is 0 Å². The maximum atomic E-state index is 12.8. The third-order valence-corrected chi connectivity index (χ3v) is 6.78. The number of amides is 1. The molecule has 1 saturated heterocycles. The van der Waals surface area contributed by atoms with Crippen molar-refractivity contribution in [3.8, 4) is 11.5 Å². The first kappa shape index (κ1) is 21.1. The maximum absolute atomic E-state index is 12.8. The number of carbonyl (C=O) groups excluding carboxylic acids is 1. The van der Waals surface area contributed by atoms with E-state index in [2.05, 4.69) is 10.2 Å². The zero-order valence-electron chi connectivity index (χ0n) is 16.7. The van der Waals surface area contributed by atoms with Crippen molar-refractivity contribution in [2.75, 3.05) is 52.8 Å². The van der Waals surface area contributed by atoms with Crippen molar-refractivity contribution in [3.05, 3.63) is 48.0 Å². The molecule has 0 bridgehead atoms. The lowest BCUT2D eigenvalue weighted by Gasteiger charge is -2.31. The number of nitrogens with one attached hydrogen (secondary N) is 1. The van der Waals surface area contributed by atoms with Crippen LogP contribution in [-0.4, -0.2) is 71.0 Å². The maximum Gasteiger partial charge on any atom is 0.259 e. The molecule has 29 heavy (non-hydrogen) atoms. The number of methoxy groups -OCH3 is 2. The quantitative estimate of drug-likeness (QED) is 0.769. The second-order valence-corrected chi connectivity index (χ2v) is 8.69. The summed E-state index contributed by atoms with van der Waals surface area (Å²) in [4.78, 5) is 14.9. The minimum Gasteiger partial charge on any atom is -0.497 e. The number of ether oxygens (including phenoxy) is 2. The number of sulfonamides is 1. The standard InChI is InChI=1S/C20H25N3O5S/c1-22-10-12-23(13-11-22)29(25,26)17-7-4-15(5-8-17)21-20(24)18-9-6-16(27-2)14-19(18)28-3/h4-9,14H,10-13H2,1-3H3,(H,21,24). The van der Waals surface area contributed by atoms with Gasteiger partial charge in [0, 0.05) is 37.9 Å². The van der Waals surface area contributed by atoms with Gasteiger partial charge in [-0.2, -0.15) is 4.31 Å². The van der Waals surface area contributed by atoms with Crippen molar-refractivity contribution in [3.63, 3.8) is 0 Å². The van der Waals surface area contributed by atoms with Crippen molar-refractivity contribution in [1.29, 1.82) is 0 Å². The van der Waals surface area contributed by atoms with Gasteiger partial charge in [-0.1, -0.05) is 0 Å². The third-order valence-electron chi connectivity index (χ3n) is 4.87. The highest BCUT2D eigenvalue weighted by Gasteiger charge is 2.27. The number of rotatable bonds is 6. The van der Waals surface area contributed by atoms with E-state index in [1.165, 1.54) is 30.7 Å². The first-order valence-corrected chi connectivity index (χ1v) is 10.6. The van der Waals surface area contributed by atoms with Gasteiger partial charge < -0.3 is 19.7 Å². The Hall–Kier alpha value is -2.62. The van der Waals surface area contributed by atoms with Gasteiger partial charge in [-0.3, -0.25) is 4.79 Å². The van der Waals surface area contributed by atoms with E-state index in [0.717, 1.165) is 0 Å². The summed E-state index contributed by atoms with van der Waals surface area (Å²) in [6, 6.07) is 11.1. The van der Waals surface area contributed by atoms with Crippen molar-refractivity contribution >= 4 is 21.6 Å². The van der Waals surface area contributed by atoms with Gasteiger partial charge in [-0.25, -0.2) is 8.42 Å². The SMILES string of the molecule is COc1ccc(C(=O)Nc2ccc(S(=O)(=O)N3CCN(C)CC3)cc2)c(OC)c1. The fourth-order valence-corrected chi connectivity index (χ4v) is 4.49. The van der Waals surface area contributed by atoms with Crippen LogP contribution >= 0.6 is 0 Å². The topological polar surface area (TPSA) is 88.2 Å². The Morgan fingerprint density at radius 1 is 0.966 bits per heavy atom. The van der Waals surface area contributed by atoms with Gasteiger partial charge in [0.1, 0.15) is 11.5 Å². The Kier molecular flexibility index (Phi) is 6.41. The molecule has 1 fully saturated rings. The van der Waals surface area contributed by atoms with Gasteiger partial charge in [-0.05, 0) is 43.4 Å². The smallest absolute Gasteiger partial charge is 0.259 e. The average Bonchev–Trinajstić information content (AvgIpc) is 2.73. The lowest BCUT2D eigenvalue weighted by atomic mass is 10.1. The predicted molar refractivity (Wildman–Crippen MR) is 110 cm³/mol. The number of nitrogens with zero attached hydrogens (tertiary/aromatic N) is 2. The summed E-state index contributed by atoms with van der Waals surface area (Å²) in [6.45, 7) is 2.34. The summed E-state index contributed by atoms with van der Waals surface area (Å²) in [5, 5.41) is 2.76. The zero-order valence-corrected chi connectivity index (χ0v) is 17.5. The molecule has 1 aliphatic rings. The molecule has 156 valence electrons. The summed E-state index contributed by atoms with van der Waals surface area (Å²) in [6.07, 6.45) is 0. The molecule has 0 atom stereocenters. The largest absolute Gasteiger partial charge is 0.497 e. The highest BCUT2D eigenvalue weighted by molar-refractivity contribution is 7.89. The minimum absolute atomic E-state index is 0.210. The third kappa shape index (κ3) is 4.69. The number of piperazine rings is 1. The van der Waals surface area contributed by atoms with E-state index in [9.17, 15) is 13.2 Å². The summed E-state index contributed by atoms with van der Waals surface area (Å²) in [5.74, 6) is 0.604. The van der Waals surface area contributed by atoms with E-state index in [0.29, 0.717) is 48.9 Å². The van der Waals surface area contributed by atoms with Gasteiger partial charge in [0.25, 0.3) is 5.91 Å². The van der Waals surface area contributed by atoms with E-state index < -0.39 is 10.0 Å². The molecule has 2 aromatic rings. The van der Waals surface area contributed by atoms with Crippen LogP contribution in [-0.2, 0) is 10.0 Å². The highest BCUT2D eigenvalue weighted by atomic mass is 32.2. The summed E-state index contributed by atoms with van der Waals surface area (Å²) in [7, 11) is 1.44. The average molecular weight is 420 g/mol. The Bertz CT molecular complexity index is 968. The van der Waals surface area contributed by atoms with Crippen molar-refractivity contribution in [2.24, 2.45) is 0 Å². The van der Waals surface area contributed by atoms with Gasteiger partial charge in [0.05, 0.1) is 24.7 Å². The van der Waals surface area contributed by atoms with Crippen LogP contribution in [0, 0.1) is 0 Å². The number of hydrogen-bond acceptors (Lipinski definition) is 6. The molecule has 1 heterocycles. The fourth-order valence-electron chi connectivity index (χ4n) is 3.07. The molecule has 2 aromatic carbocycles. The molecular weight excluding hydrogens is 394 g/mol. The molecule has 9 heteroatoms. The molecule has 8 nitrogen and oxygen atoms in total. The Balaban J connectivity index is 1.73. The molecule has 0 spiro atoms. The first-order chi connectivity index (χ1) is 13.8. The van der Waals surface area contributed by atoms with Gasteiger partial charge in [0.15, 0.2) is 0 Å². The molecule has 1 N–H and O–H groups in total. The van der Waals surface area contributed by atoms with E-state index in [4.69, 9.17) is 9.47 Å². The minimum atomic E-state index is -3.54. The molecule has 3 rings (SSSR count). The second kappa shape index (κ2) is 8.81. The normalized spacial score (nSPS) is 15.7. The molecule has 0 radical (unpaired) electrons. The number of likely N-dealkylation sites (N-methyl/N-ethyl adjacent to an activating group) is 1. The number of hydrogen-bond donors (Lipinski definition) is 1. The fraction of sp³-hybridized carbons (Fsp3) is 0.350. The van der Waals surface area contributed by atoms with Crippen LogP contribution in [0.15, 0.2) is 47.4 Å². The first-order valence-electron chi connectivity index (χ1n) is 9.17. The van der Waals surface area contributed by atoms with E-state index in [1.807, 2.05) is 7.05 Å². The van der Waals surface area contributed by atoms with Crippen LogP contribution in [0.5, 0.6) is 11.5 Å². The van der Waals surface area contributed by atoms with Gasteiger partial charge in [0.2, 0.25) is 10.0 Å². The van der Waals surface area contributed by atoms with E-state index >= 15 is 0 Å². The molecule has 0 saturated carbocycles. The lowest BCUT2D eigenvalue weighted by molar-refractivity contribution is 0.102. The summed E-state index contributed by atoms with van der Waals surface area (Å²) < 4.78 is 37.4. The molecule has 0 unspecified atom stereocenters. The summed E-state index contributed by atoms with van der Waals surface area (Å²) >= 11 is 0. The molecule has 1 amide bonds. The Labute approximate surface area is 171 Å². The zero-order chi connectivity index (χ0) is 21.0.